The number of hydrogen-bond donors (Lipinski definition) is 2. The minimum absolute atomic E-state index is 0.0138. The van der Waals surface area contributed by atoms with Crippen molar-refractivity contribution in [3.05, 3.63) is 29.3 Å². The summed E-state index contributed by atoms with van der Waals surface area (Å²) < 4.78 is 10.3. The number of carbonyl (C=O) groups excluding carboxylic acids is 2. The van der Waals surface area contributed by atoms with Gasteiger partial charge in [-0.2, -0.15) is 0 Å². The second kappa shape index (κ2) is 6.24. The summed E-state index contributed by atoms with van der Waals surface area (Å²) in [4.78, 5) is 23.5. The molecule has 114 valence electrons. The predicted molar refractivity (Wildman–Crippen MR) is 78.4 cm³/mol. The van der Waals surface area contributed by atoms with Gasteiger partial charge in [0.2, 0.25) is 5.91 Å². The molecule has 6 nitrogen and oxygen atoms in total. The van der Waals surface area contributed by atoms with Crippen molar-refractivity contribution in [2.75, 3.05) is 32.1 Å². The molecule has 0 saturated carbocycles. The fourth-order valence-electron chi connectivity index (χ4n) is 2.11. The molecular weight excluding hydrogens is 272 g/mol. The van der Waals surface area contributed by atoms with Crippen molar-refractivity contribution >= 4 is 17.6 Å². The van der Waals surface area contributed by atoms with Crippen molar-refractivity contribution in [2.45, 2.75) is 19.4 Å². The third kappa shape index (κ3) is 3.59. The van der Waals surface area contributed by atoms with Crippen molar-refractivity contribution in [3.8, 4) is 0 Å². The third-order valence-electron chi connectivity index (χ3n) is 3.56. The number of nitrogens with one attached hydrogen (secondary N) is 2. The van der Waals surface area contributed by atoms with Gasteiger partial charge in [0.15, 0.2) is 0 Å². The van der Waals surface area contributed by atoms with Crippen molar-refractivity contribution in [2.24, 2.45) is 0 Å². The Labute approximate surface area is 123 Å². The van der Waals surface area contributed by atoms with Crippen molar-refractivity contribution in [3.63, 3.8) is 0 Å². The quantitative estimate of drug-likeness (QED) is 0.795. The van der Waals surface area contributed by atoms with Crippen LogP contribution in [0.2, 0.25) is 0 Å². The first-order chi connectivity index (χ1) is 9.95. The molecule has 6 heteroatoms. The van der Waals surface area contributed by atoms with Crippen LogP contribution in [0.15, 0.2) is 18.2 Å². The van der Waals surface area contributed by atoms with Gasteiger partial charge in [-0.25, -0.2) is 4.79 Å². The molecule has 1 amide bonds. The van der Waals surface area contributed by atoms with Gasteiger partial charge in [-0.3, -0.25) is 4.79 Å². The van der Waals surface area contributed by atoms with Gasteiger partial charge < -0.3 is 20.1 Å². The molecule has 0 aromatic heterocycles. The zero-order valence-corrected chi connectivity index (χ0v) is 12.5. The van der Waals surface area contributed by atoms with E-state index in [2.05, 4.69) is 10.6 Å². The smallest absolute Gasteiger partial charge is 0.338 e. The topological polar surface area (TPSA) is 76.7 Å². The number of methoxy groups -OCH3 is 1. The maximum absolute atomic E-state index is 11.9. The highest BCUT2D eigenvalue weighted by atomic mass is 16.5. The lowest BCUT2D eigenvalue weighted by Gasteiger charge is -2.38. The van der Waals surface area contributed by atoms with Crippen LogP contribution < -0.4 is 10.6 Å². The Morgan fingerprint density at radius 1 is 1.38 bits per heavy atom. The van der Waals surface area contributed by atoms with Crippen LogP contribution in [0.5, 0.6) is 0 Å². The Morgan fingerprint density at radius 3 is 2.67 bits per heavy atom. The fourth-order valence-corrected chi connectivity index (χ4v) is 2.11. The van der Waals surface area contributed by atoms with Crippen LogP contribution in [0.4, 0.5) is 5.69 Å². The lowest BCUT2D eigenvalue weighted by molar-refractivity contribution is -0.130. The Balaban J connectivity index is 1.98. The molecule has 21 heavy (non-hydrogen) atoms. The lowest BCUT2D eigenvalue weighted by atomic mass is 10.0. The van der Waals surface area contributed by atoms with Crippen LogP contribution in [-0.4, -0.2) is 44.3 Å². The van der Waals surface area contributed by atoms with Gasteiger partial charge in [0.1, 0.15) is 6.61 Å². The molecule has 0 unspecified atom stereocenters. The zero-order valence-electron chi connectivity index (χ0n) is 12.5. The number of amides is 1. The Hall–Kier alpha value is -1.92. The van der Waals surface area contributed by atoms with Crippen molar-refractivity contribution in [1.29, 1.82) is 0 Å². The van der Waals surface area contributed by atoms with E-state index in [-0.39, 0.29) is 18.1 Å². The van der Waals surface area contributed by atoms with E-state index in [0.29, 0.717) is 16.8 Å². The summed E-state index contributed by atoms with van der Waals surface area (Å²) >= 11 is 0. The molecule has 1 fully saturated rings. The van der Waals surface area contributed by atoms with Crippen molar-refractivity contribution in [1.82, 2.24) is 5.32 Å². The number of hydrogen-bond acceptors (Lipinski definition) is 5. The number of carbonyl (C=O) groups is 2. The number of anilines is 1. The average molecular weight is 292 g/mol. The molecule has 0 spiro atoms. The fraction of sp³-hybridized carbons (Fsp3) is 0.467. The lowest BCUT2D eigenvalue weighted by Crippen LogP contribution is -2.59. The minimum Gasteiger partial charge on any atom is -0.465 e. The van der Waals surface area contributed by atoms with E-state index in [1.165, 1.54) is 7.11 Å². The van der Waals surface area contributed by atoms with E-state index < -0.39 is 5.97 Å². The summed E-state index contributed by atoms with van der Waals surface area (Å²) in [5.41, 5.74) is 1.43. The molecule has 1 saturated heterocycles. The molecule has 2 N–H and O–H groups in total. The van der Waals surface area contributed by atoms with E-state index in [1.807, 2.05) is 6.92 Å². The number of esters is 1. The second-order valence-corrected chi connectivity index (χ2v) is 5.36. The molecule has 1 heterocycles. The molecular formula is C15H20N2O4. The summed E-state index contributed by atoms with van der Waals surface area (Å²) in [6.45, 7) is 5.20. The van der Waals surface area contributed by atoms with Gasteiger partial charge in [0, 0.05) is 18.8 Å². The van der Waals surface area contributed by atoms with Crippen LogP contribution >= 0.6 is 0 Å². The highest BCUT2D eigenvalue weighted by Crippen LogP contribution is 2.20. The Bertz CT molecular complexity index is 553. The number of benzene rings is 1. The van der Waals surface area contributed by atoms with E-state index in [1.54, 1.807) is 25.1 Å². The Morgan fingerprint density at radius 2 is 2.10 bits per heavy atom. The first-order valence-electron chi connectivity index (χ1n) is 6.78. The van der Waals surface area contributed by atoms with Gasteiger partial charge >= 0.3 is 5.97 Å². The van der Waals surface area contributed by atoms with E-state index in [0.717, 1.165) is 13.1 Å². The molecule has 0 radical (unpaired) electrons. The van der Waals surface area contributed by atoms with Gasteiger partial charge in [-0.1, -0.05) is 6.07 Å². The maximum Gasteiger partial charge on any atom is 0.338 e. The largest absolute Gasteiger partial charge is 0.465 e. The SMILES string of the molecule is COC(=O)c1cccc(NC(=O)COC2(C)CNC2)c1C. The van der Waals surface area contributed by atoms with Gasteiger partial charge in [-0.05, 0) is 31.5 Å². The summed E-state index contributed by atoms with van der Waals surface area (Å²) in [5, 5.41) is 5.86. The summed E-state index contributed by atoms with van der Waals surface area (Å²) in [7, 11) is 1.33. The minimum atomic E-state index is -0.423. The normalized spacial score (nSPS) is 16.0. The predicted octanol–water partition coefficient (Wildman–Crippen LogP) is 1.10. The first kappa shape index (κ1) is 15.5. The molecule has 1 aromatic rings. The highest BCUT2D eigenvalue weighted by Gasteiger charge is 2.33. The Kier molecular flexibility index (Phi) is 4.59. The summed E-state index contributed by atoms with van der Waals surface area (Å²) in [5.74, 6) is -0.666. The molecule has 0 atom stereocenters. The summed E-state index contributed by atoms with van der Waals surface area (Å²) in [6.07, 6.45) is 0. The standard InChI is InChI=1S/C15H20N2O4/c1-10-11(14(19)20-3)5-4-6-12(10)17-13(18)7-21-15(2)8-16-9-15/h4-6,16H,7-9H2,1-3H3,(H,17,18). The van der Waals surface area contributed by atoms with E-state index >= 15 is 0 Å². The molecule has 1 aliphatic heterocycles. The van der Waals surface area contributed by atoms with Gasteiger partial charge in [0.05, 0.1) is 18.3 Å². The monoisotopic (exact) mass is 292 g/mol. The van der Waals surface area contributed by atoms with E-state index in [4.69, 9.17) is 9.47 Å². The van der Waals surface area contributed by atoms with Gasteiger partial charge in [-0.15, -0.1) is 0 Å². The summed E-state index contributed by atoms with van der Waals surface area (Å²) in [6, 6.07) is 5.10. The van der Waals surface area contributed by atoms with Crippen LogP contribution in [0.25, 0.3) is 0 Å². The van der Waals surface area contributed by atoms with Crippen LogP contribution in [-0.2, 0) is 14.3 Å². The second-order valence-electron chi connectivity index (χ2n) is 5.36. The van der Waals surface area contributed by atoms with Gasteiger partial charge in [0.25, 0.3) is 0 Å². The van der Waals surface area contributed by atoms with E-state index in [9.17, 15) is 9.59 Å². The molecule has 1 aliphatic rings. The molecule has 0 aliphatic carbocycles. The third-order valence-corrected chi connectivity index (χ3v) is 3.56. The number of ether oxygens (including phenoxy) is 2. The van der Waals surface area contributed by atoms with Crippen molar-refractivity contribution < 1.29 is 19.1 Å². The first-order valence-corrected chi connectivity index (χ1v) is 6.78. The van der Waals surface area contributed by atoms with Crippen LogP contribution in [0.3, 0.4) is 0 Å². The average Bonchev–Trinajstić information content (AvgIpc) is 2.44. The molecule has 2 rings (SSSR count). The van der Waals surface area contributed by atoms with Crippen LogP contribution in [0.1, 0.15) is 22.8 Å². The molecule has 0 bridgehead atoms. The van der Waals surface area contributed by atoms with Crippen LogP contribution in [0, 0.1) is 6.92 Å². The zero-order chi connectivity index (χ0) is 15.5. The maximum atomic E-state index is 11.9. The number of rotatable bonds is 5. The molecule has 1 aromatic carbocycles. The highest BCUT2D eigenvalue weighted by molar-refractivity contribution is 5.97.